The fourth-order valence-electron chi connectivity index (χ4n) is 10.1. The van der Waals surface area contributed by atoms with E-state index in [1.165, 1.54) is 7.11 Å². The molecule has 3 aromatic heterocycles. The molecule has 2 N–H and O–H groups in total. The Balaban J connectivity index is 1.15. The number of aromatic amines is 1. The molecule has 0 bridgehead atoms. The Kier molecular flexibility index (Phi) is 9.02. The Labute approximate surface area is 314 Å². The summed E-state index contributed by atoms with van der Waals surface area (Å²) in [7, 11) is -1.45. The van der Waals surface area contributed by atoms with Gasteiger partial charge in [0.05, 0.1) is 56.7 Å². The van der Waals surface area contributed by atoms with E-state index in [1.807, 2.05) is 11.8 Å². The number of piperidine rings is 1. The Hall–Kier alpha value is -3.66. The number of pyridine rings is 1. The molecule has 2 aliphatic carbocycles. The van der Waals surface area contributed by atoms with Crippen molar-refractivity contribution in [3.05, 3.63) is 29.2 Å². The SMILES string of the molecule is COc1nc(-c2c(C3CC3)c(C)cc3[nH]ncc23)c(F)c2nc(OC[C@]34CCC[C@H]3N(C3CCS(=O)(=O)CC3)CCC4)nc(N3CCOC[C@@](C)(O)C3)c12. The quantitative estimate of drug-likeness (QED) is 0.246. The van der Waals surface area contributed by atoms with E-state index >= 15 is 4.39 Å². The molecule has 6 heterocycles. The Morgan fingerprint density at radius 1 is 1.09 bits per heavy atom. The van der Waals surface area contributed by atoms with Crippen molar-refractivity contribution >= 4 is 37.5 Å². The summed E-state index contributed by atoms with van der Waals surface area (Å²) >= 11 is 0. The first-order valence-electron chi connectivity index (χ1n) is 19.5. The third-order valence-corrected chi connectivity index (χ3v) is 14.4. The summed E-state index contributed by atoms with van der Waals surface area (Å²) < 4.78 is 60.5. The fourth-order valence-corrected chi connectivity index (χ4v) is 11.5. The van der Waals surface area contributed by atoms with Gasteiger partial charge >= 0.3 is 6.01 Å². The number of likely N-dealkylation sites (tertiary alicyclic amines) is 1. The molecule has 290 valence electrons. The first-order chi connectivity index (χ1) is 26.0. The van der Waals surface area contributed by atoms with Crippen molar-refractivity contribution in [2.75, 3.05) is 63.0 Å². The number of rotatable bonds is 8. The van der Waals surface area contributed by atoms with Crippen LogP contribution in [0.25, 0.3) is 33.1 Å². The number of anilines is 1. The molecule has 15 heteroatoms. The molecule has 2 saturated carbocycles. The molecule has 0 spiro atoms. The van der Waals surface area contributed by atoms with Gasteiger partial charge in [-0.15, -0.1) is 0 Å². The topological polar surface area (TPSA) is 156 Å². The maximum Gasteiger partial charge on any atom is 0.319 e. The fraction of sp³-hybridized carbons (Fsp3) is 0.641. The molecule has 13 nitrogen and oxygen atoms in total. The van der Waals surface area contributed by atoms with Gasteiger partial charge < -0.3 is 24.2 Å². The highest BCUT2D eigenvalue weighted by Gasteiger charge is 2.50. The van der Waals surface area contributed by atoms with Gasteiger partial charge in [-0.1, -0.05) is 6.42 Å². The van der Waals surface area contributed by atoms with Gasteiger partial charge in [0, 0.05) is 35.0 Å². The van der Waals surface area contributed by atoms with E-state index in [0.717, 1.165) is 73.5 Å². The maximum absolute atomic E-state index is 17.5. The molecule has 3 atom stereocenters. The zero-order valence-corrected chi connectivity index (χ0v) is 32.2. The first-order valence-corrected chi connectivity index (χ1v) is 21.3. The van der Waals surface area contributed by atoms with Crippen LogP contribution in [-0.4, -0.2) is 119 Å². The number of sulfone groups is 1. The number of hydrogen-bond acceptors (Lipinski definition) is 12. The predicted molar refractivity (Wildman–Crippen MR) is 202 cm³/mol. The molecule has 4 aromatic rings. The summed E-state index contributed by atoms with van der Waals surface area (Å²) in [6.07, 6.45) is 10.2. The molecule has 1 aromatic carbocycles. The zero-order valence-electron chi connectivity index (χ0n) is 31.4. The lowest BCUT2D eigenvalue weighted by Crippen LogP contribution is -2.56. The lowest BCUT2D eigenvalue weighted by molar-refractivity contribution is -0.0246. The molecule has 3 aliphatic heterocycles. The third kappa shape index (κ3) is 6.38. The molecule has 0 amide bonds. The minimum atomic E-state index is -2.97. The molecule has 0 unspecified atom stereocenters. The number of H-pyrrole nitrogens is 1. The lowest BCUT2D eigenvalue weighted by atomic mass is 9.74. The molecular weight excluding hydrogens is 714 g/mol. The lowest BCUT2D eigenvalue weighted by Gasteiger charge is -2.50. The highest BCUT2D eigenvalue weighted by molar-refractivity contribution is 7.91. The normalized spacial score (nSPS) is 28.0. The number of methoxy groups -OCH3 is 1. The van der Waals surface area contributed by atoms with E-state index in [-0.39, 0.29) is 65.3 Å². The zero-order chi connectivity index (χ0) is 37.4. The van der Waals surface area contributed by atoms with Crippen molar-refractivity contribution in [1.29, 1.82) is 0 Å². The standard InChI is InChI=1S/C39H50FN7O6S/c1-23-18-27-26(19-41-45-27)30(29(23)24-7-8-24)33-32(40)34-31(36(42-33)51-3)35(46-14-15-52-21-38(2,48)20-46)44-37(43-34)53-22-39-11-4-6-28(39)47(13-5-12-39)25-9-16-54(49,50)17-10-25/h18-19,24-25,28,48H,4-17,20-22H2,1-3H3,(H,41,45)/t28-,38+,39-/m1/s1. The second-order valence-corrected chi connectivity index (χ2v) is 19.0. The smallest absolute Gasteiger partial charge is 0.319 e. The molecule has 9 rings (SSSR count). The Morgan fingerprint density at radius 2 is 1.89 bits per heavy atom. The van der Waals surface area contributed by atoms with Crippen molar-refractivity contribution in [2.45, 2.75) is 95.2 Å². The van der Waals surface area contributed by atoms with Gasteiger partial charge in [0.1, 0.15) is 37.9 Å². The molecule has 5 aliphatic rings. The second-order valence-electron chi connectivity index (χ2n) is 16.7. The summed E-state index contributed by atoms with van der Waals surface area (Å²) in [6, 6.07) is 2.63. The number of benzene rings is 1. The van der Waals surface area contributed by atoms with E-state index in [2.05, 4.69) is 21.2 Å². The van der Waals surface area contributed by atoms with Crippen molar-refractivity contribution in [2.24, 2.45) is 5.41 Å². The monoisotopic (exact) mass is 763 g/mol. The van der Waals surface area contributed by atoms with E-state index in [1.54, 1.807) is 13.1 Å². The van der Waals surface area contributed by atoms with Crippen molar-refractivity contribution in [3.63, 3.8) is 0 Å². The Bertz CT molecular complexity index is 2200. The number of nitrogens with one attached hydrogen (secondary N) is 1. The van der Waals surface area contributed by atoms with Gasteiger partial charge in [-0.25, -0.2) is 17.8 Å². The summed E-state index contributed by atoms with van der Waals surface area (Å²) in [5, 5.41) is 19.7. The summed E-state index contributed by atoms with van der Waals surface area (Å²) in [6.45, 7) is 6.14. The van der Waals surface area contributed by atoms with Crippen LogP contribution in [0.15, 0.2) is 12.3 Å². The van der Waals surface area contributed by atoms with Crippen LogP contribution in [0.1, 0.15) is 81.8 Å². The van der Waals surface area contributed by atoms with Crippen molar-refractivity contribution in [3.8, 4) is 23.1 Å². The van der Waals surface area contributed by atoms with Gasteiger partial charge in [-0.05, 0) is 94.9 Å². The number of nitrogens with zero attached hydrogens (tertiary/aromatic N) is 6. The molecular formula is C39H50FN7O6S. The van der Waals surface area contributed by atoms with Crippen LogP contribution >= 0.6 is 0 Å². The van der Waals surface area contributed by atoms with E-state index in [4.69, 9.17) is 29.2 Å². The van der Waals surface area contributed by atoms with Crippen LogP contribution in [0.2, 0.25) is 0 Å². The van der Waals surface area contributed by atoms with Gasteiger partial charge in [-0.3, -0.25) is 10.00 Å². The number of β-amino-alcohol motifs (C(OH)–C–C–N with tert-alkyl or cyclic N) is 1. The van der Waals surface area contributed by atoms with Crippen molar-refractivity contribution < 1.29 is 32.1 Å². The van der Waals surface area contributed by atoms with Gasteiger partial charge in [-0.2, -0.15) is 15.1 Å². The largest absolute Gasteiger partial charge is 0.480 e. The number of hydrogen-bond donors (Lipinski definition) is 2. The highest BCUT2D eigenvalue weighted by Crippen LogP contribution is 2.51. The minimum absolute atomic E-state index is 0.0377. The number of aryl methyl sites for hydroxylation is 1. The first kappa shape index (κ1) is 36.0. The van der Waals surface area contributed by atoms with Crippen LogP contribution in [0.5, 0.6) is 11.9 Å². The average molecular weight is 764 g/mol. The number of fused-ring (bicyclic) bond motifs is 3. The molecule has 54 heavy (non-hydrogen) atoms. The van der Waals surface area contributed by atoms with E-state index in [9.17, 15) is 13.5 Å². The number of aromatic nitrogens is 5. The summed E-state index contributed by atoms with van der Waals surface area (Å²) in [4.78, 5) is 19.1. The predicted octanol–water partition coefficient (Wildman–Crippen LogP) is 5.08. The van der Waals surface area contributed by atoms with E-state index in [0.29, 0.717) is 55.3 Å². The summed E-state index contributed by atoms with van der Waals surface area (Å²) in [5.74, 6) is 0.738. The molecule has 5 fully saturated rings. The maximum atomic E-state index is 17.5. The Morgan fingerprint density at radius 3 is 2.67 bits per heavy atom. The second kappa shape index (κ2) is 13.5. The van der Waals surface area contributed by atoms with Gasteiger partial charge in [0.15, 0.2) is 5.82 Å². The average Bonchev–Trinajstić information content (AvgIpc) is 3.77. The third-order valence-electron chi connectivity index (χ3n) is 12.7. The van der Waals surface area contributed by atoms with Crippen molar-refractivity contribution in [1.82, 2.24) is 30.0 Å². The molecule has 0 radical (unpaired) electrons. The van der Waals surface area contributed by atoms with Crippen LogP contribution in [0, 0.1) is 18.2 Å². The van der Waals surface area contributed by atoms with Crippen LogP contribution in [-0.2, 0) is 14.6 Å². The van der Waals surface area contributed by atoms with E-state index < -0.39 is 21.3 Å². The number of aliphatic hydroxyl groups is 1. The van der Waals surface area contributed by atoms with Gasteiger partial charge in [0.2, 0.25) is 5.88 Å². The number of halogens is 1. The summed E-state index contributed by atoms with van der Waals surface area (Å²) in [5.41, 5.74) is 2.44. The minimum Gasteiger partial charge on any atom is -0.480 e. The van der Waals surface area contributed by atoms with Crippen LogP contribution in [0.3, 0.4) is 0 Å². The number of ether oxygens (including phenoxy) is 3. The highest BCUT2D eigenvalue weighted by atomic mass is 32.2. The van der Waals surface area contributed by atoms with Crippen LogP contribution in [0.4, 0.5) is 10.2 Å². The van der Waals surface area contributed by atoms with Crippen LogP contribution < -0.4 is 14.4 Å². The van der Waals surface area contributed by atoms with Gasteiger partial charge in [0.25, 0.3) is 0 Å². The molecule has 3 saturated heterocycles.